The molecule has 1 N–H and O–H groups in total. The minimum atomic E-state index is -0.801. The third-order valence-electron chi connectivity index (χ3n) is 8.10. The lowest BCUT2D eigenvalue weighted by molar-refractivity contribution is 0.0319. The van der Waals surface area contributed by atoms with Crippen LogP contribution in [0.5, 0.6) is 17.2 Å². The molecule has 7 nitrogen and oxygen atoms in total. The molecule has 4 heterocycles. The monoisotopic (exact) mass is 540 g/mol. The average Bonchev–Trinajstić information content (AvgIpc) is 2.86. The molecule has 2 aliphatic heterocycles. The predicted molar refractivity (Wildman–Crippen MR) is 155 cm³/mol. The van der Waals surface area contributed by atoms with Crippen molar-refractivity contribution in [2.24, 2.45) is 0 Å². The van der Waals surface area contributed by atoms with Crippen molar-refractivity contribution in [1.29, 1.82) is 0 Å². The number of hydrogen-bond acceptors (Lipinski definition) is 7. The zero-order chi connectivity index (χ0) is 28.6. The number of benzene rings is 2. The Morgan fingerprint density at radius 1 is 0.925 bits per heavy atom. The van der Waals surface area contributed by atoms with Gasteiger partial charge in [0.15, 0.2) is 0 Å². The number of aromatic hydroxyl groups is 1. The second-order valence-electron chi connectivity index (χ2n) is 12.3. The van der Waals surface area contributed by atoms with E-state index >= 15 is 0 Å². The van der Waals surface area contributed by atoms with Gasteiger partial charge in [-0.25, -0.2) is 9.59 Å². The summed E-state index contributed by atoms with van der Waals surface area (Å²) in [6.07, 6.45) is 6.87. The first-order valence-corrected chi connectivity index (χ1v) is 13.4. The van der Waals surface area contributed by atoms with E-state index in [1.165, 1.54) is 12.1 Å². The summed E-state index contributed by atoms with van der Waals surface area (Å²) in [5, 5.41) is 12.0. The van der Waals surface area contributed by atoms with Gasteiger partial charge in [-0.3, -0.25) is 0 Å². The maximum atomic E-state index is 12.4. The SMILES string of the molecule is C=CC(C)(C)c1c2c3c(c4ccc(=O)oc14)O[C@](C)(/C=C/c1c(O)ccc4ccc(=O)oc14)C[C@H]3CC(C)(C)O2. The van der Waals surface area contributed by atoms with Crippen molar-refractivity contribution in [2.45, 2.75) is 70.0 Å². The highest BCUT2D eigenvalue weighted by Gasteiger charge is 2.47. The van der Waals surface area contributed by atoms with Gasteiger partial charge in [0.2, 0.25) is 0 Å². The smallest absolute Gasteiger partial charge is 0.336 e. The van der Waals surface area contributed by atoms with Crippen molar-refractivity contribution < 1.29 is 23.4 Å². The van der Waals surface area contributed by atoms with E-state index in [2.05, 4.69) is 20.4 Å². The van der Waals surface area contributed by atoms with E-state index in [-0.39, 0.29) is 11.7 Å². The first-order valence-electron chi connectivity index (χ1n) is 13.4. The van der Waals surface area contributed by atoms with Crippen LogP contribution in [0, 0.1) is 0 Å². The van der Waals surface area contributed by atoms with Crippen molar-refractivity contribution >= 4 is 28.0 Å². The molecule has 0 fully saturated rings. The number of phenols is 1. The van der Waals surface area contributed by atoms with Crippen LogP contribution in [0.3, 0.4) is 0 Å². The normalized spacial score (nSPS) is 21.7. The second-order valence-corrected chi connectivity index (χ2v) is 12.3. The molecular weight excluding hydrogens is 508 g/mol. The highest BCUT2D eigenvalue weighted by atomic mass is 16.5. The fourth-order valence-corrected chi connectivity index (χ4v) is 6.16. The number of phenolic OH excluding ortho intramolecular Hbond substituents is 1. The Hall–Kier alpha value is -4.26. The lowest BCUT2D eigenvalue weighted by atomic mass is 9.72. The third kappa shape index (κ3) is 4.12. The fraction of sp³-hybridized carbons (Fsp3) is 0.333. The molecule has 0 unspecified atom stereocenters. The van der Waals surface area contributed by atoms with E-state index in [1.807, 2.05) is 32.9 Å². The summed E-state index contributed by atoms with van der Waals surface area (Å²) >= 11 is 0. The maximum Gasteiger partial charge on any atom is 0.336 e. The topological polar surface area (TPSA) is 99.1 Å². The zero-order valence-corrected chi connectivity index (χ0v) is 23.3. The Balaban J connectivity index is 1.57. The van der Waals surface area contributed by atoms with Crippen molar-refractivity contribution in [3.05, 3.63) is 92.7 Å². The van der Waals surface area contributed by atoms with Gasteiger partial charge in [-0.15, -0.1) is 6.58 Å². The molecule has 0 amide bonds. The van der Waals surface area contributed by atoms with Gasteiger partial charge in [-0.05, 0) is 75.9 Å². The van der Waals surface area contributed by atoms with Crippen LogP contribution in [0.4, 0.5) is 0 Å². The van der Waals surface area contributed by atoms with Crippen LogP contribution in [0.15, 0.2) is 73.6 Å². The van der Waals surface area contributed by atoms with Crippen LogP contribution in [0.1, 0.15) is 70.1 Å². The molecule has 0 spiro atoms. The number of ether oxygens (including phenoxy) is 2. The lowest BCUT2D eigenvalue weighted by Crippen LogP contribution is -2.43. The Morgan fingerprint density at radius 2 is 1.60 bits per heavy atom. The van der Waals surface area contributed by atoms with E-state index < -0.39 is 27.9 Å². The second kappa shape index (κ2) is 8.62. The molecule has 2 aliphatic rings. The summed E-state index contributed by atoms with van der Waals surface area (Å²) < 4.78 is 24.7. The molecule has 6 rings (SSSR count). The molecule has 40 heavy (non-hydrogen) atoms. The Kier molecular flexibility index (Phi) is 5.60. The van der Waals surface area contributed by atoms with Gasteiger partial charge >= 0.3 is 11.3 Å². The highest BCUT2D eigenvalue weighted by molar-refractivity contribution is 5.93. The first kappa shape index (κ1) is 26.0. The van der Waals surface area contributed by atoms with Gasteiger partial charge in [-0.2, -0.15) is 0 Å². The molecule has 0 bridgehead atoms. The summed E-state index contributed by atoms with van der Waals surface area (Å²) in [4.78, 5) is 24.4. The van der Waals surface area contributed by atoms with Gasteiger partial charge in [0.1, 0.15) is 39.6 Å². The van der Waals surface area contributed by atoms with E-state index in [0.29, 0.717) is 45.4 Å². The Labute approximate surface area is 231 Å². The highest BCUT2D eigenvalue weighted by Crippen LogP contribution is 2.58. The lowest BCUT2D eigenvalue weighted by Gasteiger charge is -2.47. The predicted octanol–water partition coefficient (Wildman–Crippen LogP) is 6.97. The molecule has 0 saturated carbocycles. The van der Waals surface area contributed by atoms with Crippen LogP contribution in [-0.4, -0.2) is 16.3 Å². The minimum absolute atomic E-state index is 0.00378. The van der Waals surface area contributed by atoms with Crippen LogP contribution < -0.4 is 20.7 Å². The standard InChI is InChI=1S/C33H32O7/c1-7-31(2,3)26-29-21(10-13-24(36)38-29)28-25-19(16-32(4,5)39-30(25)26)17-33(6,40-28)15-14-20-22(34)11-8-18-9-12-23(35)37-27(18)20/h7-15,19,34H,1,16-17H2,2-6H3/b15-14+/t19-,33-/m1/s1. The van der Waals surface area contributed by atoms with Gasteiger partial charge in [0.25, 0.3) is 0 Å². The first-order chi connectivity index (χ1) is 18.8. The molecular formula is C33H32O7. The molecule has 0 radical (unpaired) electrons. The summed E-state index contributed by atoms with van der Waals surface area (Å²) in [5.41, 5.74) is 0.0926. The van der Waals surface area contributed by atoms with E-state index in [1.54, 1.807) is 30.3 Å². The van der Waals surface area contributed by atoms with E-state index in [0.717, 1.165) is 17.5 Å². The Bertz CT molecular complexity index is 1850. The van der Waals surface area contributed by atoms with E-state index in [9.17, 15) is 14.7 Å². The molecule has 2 aromatic heterocycles. The van der Waals surface area contributed by atoms with Gasteiger partial charge < -0.3 is 23.4 Å². The largest absolute Gasteiger partial charge is 0.507 e. The van der Waals surface area contributed by atoms with Gasteiger partial charge in [0, 0.05) is 34.1 Å². The van der Waals surface area contributed by atoms with E-state index in [4.69, 9.17) is 18.3 Å². The van der Waals surface area contributed by atoms with Crippen LogP contribution >= 0.6 is 0 Å². The maximum absolute atomic E-state index is 12.4. The molecule has 7 heteroatoms. The third-order valence-corrected chi connectivity index (χ3v) is 8.10. The van der Waals surface area contributed by atoms with Crippen molar-refractivity contribution in [3.8, 4) is 17.2 Å². The molecule has 0 aliphatic carbocycles. The van der Waals surface area contributed by atoms with Crippen LogP contribution in [-0.2, 0) is 5.41 Å². The molecule has 4 aromatic rings. The molecule has 2 aromatic carbocycles. The average molecular weight is 541 g/mol. The zero-order valence-electron chi connectivity index (χ0n) is 23.3. The summed E-state index contributed by atoms with van der Waals surface area (Å²) in [7, 11) is 0. The van der Waals surface area contributed by atoms with Crippen molar-refractivity contribution in [3.63, 3.8) is 0 Å². The van der Waals surface area contributed by atoms with Crippen molar-refractivity contribution in [2.75, 3.05) is 0 Å². The van der Waals surface area contributed by atoms with Gasteiger partial charge in [0.05, 0.1) is 10.9 Å². The number of hydrogen-bond donors (Lipinski definition) is 1. The Morgan fingerprint density at radius 3 is 2.33 bits per heavy atom. The molecule has 206 valence electrons. The molecule has 2 atom stereocenters. The summed E-state index contributed by atoms with van der Waals surface area (Å²) in [6, 6.07) is 9.45. The number of rotatable bonds is 4. The van der Waals surface area contributed by atoms with Crippen LogP contribution in [0.25, 0.3) is 28.0 Å². The van der Waals surface area contributed by atoms with Gasteiger partial charge in [-0.1, -0.05) is 19.9 Å². The minimum Gasteiger partial charge on any atom is -0.507 e. The fourth-order valence-electron chi connectivity index (χ4n) is 6.16. The van der Waals surface area contributed by atoms with Crippen molar-refractivity contribution in [1.82, 2.24) is 0 Å². The summed E-state index contributed by atoms with van der Waals surface area (Å²) in [6.45, 7) is 14.2. The number of allylic oxidation sites excluding steroid dienone is 1. The summed E-state index contributed by atoms with van der Waals surface area (Å²) in [5.74, 6) is 1.37. The van der Waals surface area contributed by atoms with Crippen LogP contribution in [0.2, 0.25) is 0 Å². The molecule has 0 saturated heterocycles. The number of fused-ring (bicyclic) bond motifs is 3. The quantitative estimate of drug-likeness (QED) is 0.220.